The molecule has 5 rings (SSSR count). The third kappa shape index (κ3) is 5.34. The fraction of sp³-hybridized carbons (Fsp3) is 0.583. The summed E-state index contributed by atoms with van der Waals surface area (Å²) in [5, 5.41) is 6.63. The minimum absolute atomic E-state index is 0.125. The topological polar surface area (TPSA) is 103 Å². The van der Waals surface area contributed by atoms with Crippen molar-refractivity contribution >= 4 is 16.1 Å². The lowest BCUT2D eigenvalue weighted by Crippen LogP contribution is -2.52. The van der Waals surface area contributed by atoms with E-state index in [0.29, 0.717) is 44.1 Å². The van der Waals surface area contributed by atoms with Gasteiger partial charge in [0.1, 0.15) is 17.5 Å². The first-order chi connectivity index (χ1) is 17.3. The van der Waals surface area contributed by atoms with Crippen molar-refractivity contribution in [2.24, 2.45) is 0 Å². The number of halogens is 3. The molecular weight excluding hydrogens is 513 g/mol. The number of carbonyl (C=O) groups is 1. The molecule has 0 radical (unpaired) electrons. The van der Waals surface area contributed by atoms with E-state index < -0.39 is 51.3 Å². The molecule has 1 aliphatic carbocycles. The summed E-state index contributed by atoms with van der Waals surface area (Å²) in [5.74, 6) is -3.52. The van der Waals surface area contributed by atoms with Crippen LogP contribution in [0.1, 0.15) is 63.0 Å². The van der Waals surface area contributed by atoms with Crippen LogP contribution < -0.4 is 5.32 Å². The van der Waals surface area contributed by atoms with E-state index in [0.717, 1.165) is 15.7 Å². The Hall–Kier alpha value is -2.64. The Morgan fingerprint density at radius 2 is 1.84 bits per heavy atom. The van der Waals surface area contributed by atoms with Crippen LogP contribution in [-0.4, -0.2) is 58.1 Å². The third-order valence-electron chi connectivity index (χ3n) is 6.71. The first-order valence-corrected chi connectivity index (χ1v) is 13.6. The Balaban J connectivity index is 1.34. The van der Waals surface area contributed by atoms with Crippen LogP contribution in [0.3, 0.4) is 0 Å². The lowest BCUT2D eigenvalue weighted by atomic mass is 9.92. The molecular formula is C24H29F3N4O5S. The maximum Gasteiger partial charge on any atom is 0.407 e. The molecule has 1 amide bonds. The Labute approximate surface area is 213 Å². The van der Waals surface area contributed by atoms with Crippen LogP contribution in [0, 0.1) is 17.5 Å². The Morgan fingerprint density at radius 1 is 1.14 bits per heavy atom. The summed E-state index contributed by atoms with van der Waals surface area (Å²) >= 11 is 0. The van der Waals surface area contributed by atoms with Crippen LogP contribution in [0.2, 0.25) is 0 Å². The zero-order valence-electron chi connectivity index (χ0n) is 20.7. The highest BCUT2D eigenvalue weighted by atomic mass is 32.2. The molecule has 202 valence electrons. The molecule has 0 bridgehead atoms. The summed E-state index contributed by atoms with van der Waals surface area (Å²) in [6.45, 7) is 6.02. The van der Waals surface area contributed by atoms with Gasteiger partial charge < -0.3 is 14.8 Å². The molecule has 2 fully saturated rings. The van der Waals surface area contributed by atoms with Gasteiger partial charge in [-0.2, -0.15) is 9.19 Å². The Bertz CT molecular complexity index is 1300. The number of ether oxygens (including phenoxy) is 2. The number of aromatic nitrogens is 2. The SMILES string of the molecule is CC(C)(C)OC(=O)N[C@H]1C[C@@H](N2Cc3cn(S(=O)(=O)C4CC4)nc3C2)CO[C@@H]1c1cc(F)c(F)cc1F. The number of nitrogens with zero attached hydrogens (tertiary/aromatic N) is 3. The van der Waals surface area contributed by atoms with Gasteiger partial charge in [-0.05, 0) is 46.1 Å². The van der Waals surface area contributed by atoms with Gasteiger partial charge in [-0.25, -0.2) is 26.4 Å². The summed E-state index contributed by atoms with van der Waals surface area (Å²) in [4.78, 5) is 14.6. The summed E-state index contributed by atoms with van der Waals surface area (Å²) in [6.07, 6.45) is 1.31. The van der Waals surface area contributed by atoms with E-state index in [2.05, 4.69) is 10.4 Å². The highest BCUT2D eigenvalue weighted by molar-refractivity contribution is 7.90. The predicted octanol–water partition coefficient (Wildman–Crippen LogP) is 3.38. The van der Waals surface area contributed by atoms with E-state index in [1.165, 1.54) is 0 Å². The van der Waals surface area contributed by atoms with Gasteiger partial charge in [0.05, 0.1) is 23.6 Å². The second-order valence-corrected chi connectivity index (χ2v) is 12.9. The van der Waals surface area contributed by atoms with Gasteiger partial charge in [-0.1, -0.05) is 0 Å². The standard InChI is InChI=1S/C24H29F3N4O5S/c1-24(2,3)36-23(32)28-20-6-14(12-35-22(20)16-7-18(26)19(27)8-17(16)25)30-9-13-10-31(29-21(13)11-30)37(33,34)15-4-5-15/h7-8,10,14-15,20,22H,4-6,9,11-12H2,1-3H3,(H,28,32)/t14-,20+,22-/m1/s1. The number of fused-ring (bicyclic) bond motifs is 1. The fourth-order valence-electron chi connectivity index (χ4n) is 4.79. The quantitative estimate of drug-likeness (QED) is 0.578. The summed E-state index contributed by atoms with van der Waals surface area (Å²) in [6, 6.07) is 0.148. The minimum atomic E-state index is -3.46. The molecule has 0 unspecified atom stereocenters. The fourth-order valence-corrected chi connectivity index (χ4v) is 6.31. The normalized spacial score (nSPS) is 24.6. The second kappa shape index (κ2) is 9.28. The average molecular weight is 543 g/mol. The zero-order chi connectivity index (χ0) is 26.7. The largest absolute Gasteiger partial charge is 0.444 e. The van der Waals surface area contributed by atoms with E-state index in [1.54, 1.807) is 27.0 Å². The lowest BCUT2D eigenvalue weighted by Gasteiger charge is -2.40. The smallest absolute Gasteiger partial charge is 0.407 e. The summed E-state index contributed by atoms with van der Waals surface area (Å²) in [7, 11) is -3.46. The first-order valence-electron chi connectivity index (χ1n) is 12.1. The third-order valence-corrected chi connectivity index (χ3v) is 8.74. The van der Waals surface area contributed by atoms with Crippen molar-refractivity contribution in [3.05, 3.63) is 52.6 Å². The molecule has 2 aliphatic heterocycles. The average Bonchev–Trinajstić information content (AvgIpc) is 3.46. The van der Waals surface area contributed by atoms with Crippen LogP contribution in [0.5, 0.6) is 0 Å². The van der Waals surface area contributed by atoms with E-state index in [1.807, 2.05) is 4.90 Å². The molecule has 1 aromatic heterocycles. The van der Waals surface area contributed by atoms with Crippen molar-refractivity contribution in [1.82, 2.24) is 19.4 Å². The Morgan fingerprint density at radius 3 is 2.49 bits per heavy atom. The van der Waals surface area contributed by atoms with E-state index >= 15 is 0 Å². The summed E-state index contributed by atoms with van der Waals surface area (Å²) in [5.41, 5.74) is 0.444. The first kappa shape index (κ1) is 26.0. The minimum Gasteiger partial charge on any atom is -0.444 e. The number of hydrogen-bond donors (Lipinski definition) is 1. The van der Waals surface area contributed by atoms with Crippen molar-refractivity contribution in [3.8, 4) is 0 Å². The highest BCUT2D eigenvalue weighted by Gasteiger charge is 2.42. The van der Waals surface area contributed by atoms with Crippen molar-refractivity contribution < 1.29 is 35.9 Å². The van der Waals surface area contributed by atoms with Gasteiger partial charge in [0, 0.05) is 42.5 Å². The van der Waals surface area contributed by atoms with Crippen LogP contribution in [0.25, 0.3) is 0 Å². The van der Waals surface area contributed by atoms with Crippen molar-refractivity contribution in [2.45, 2.75) is 82.2 Å². The van der Waals surface area contributed by atoms with Crippen molar-refractivity contribution in [1.29, 1.82) is 0 Å². The van der Waals surface area contributed by atoms with Gasteiger partial charge >= 0.3 is 6.09 Å². The van der Waals surface area contributed by atoms with Gasteiger partial charge in [-0.15, -0.1) is 0 Å². The molecule has 1 N–H and O–H groups in total. The molecule has 3 aliphatic rings. The van der Waals surface area contributed by atoms with Crippen LogP contribution in [0.15, 0.2) is 18.3 Å². The molecule has 1 aromatic carbocycles. The van der Waals surface area contributed by atoms with E-state index in [-0.39, 0.29) is 23.5 Å². The van der Waals surface area contributed by atoms with Gasteiger partial charge in [0.25, 0.3) is 10.0 Å². The summed E-state index contributed by atoms with van der Waals surface area (Å²) < 4.78 is 79.5. The second-order valence-electron chi connectivity index (χ2n) is 10.8. The van der Waals surface area contributed by atoms with Gasteiger partial charge in [-0.3, -0.25) is 4.90 Å². The molecule has 9 nitrogen and oxygen atoms in total. The maximum absolute atomic E-state index is 14.6. The van der Waals surface area contributed by atoms with Gasteiger partial charge in [0.15, 0.2) is 11.6 Å². The van der Waals surface area contributed by atoms with Crippen LogP contribution in [-0.2, 0) is 32.6 Å². The number of carbonyl (C=O) groups excluding carboxylic acids is 1. The van der Waals surface area contributed by atoms with Crippen molar-refractivity contribution in [2.75, 3.05) is 6.61 Å². The van der Waals surface area contributed by atoms with Crippen LogP contribution in [0.4, 0.5) is 18.0 Å². The maximum atomic E-state index is 14.6. The predicted molar refractivity (Wildman–Crippen MR) is 125 cm³/mol. The molecule has 13 heteroatoms. The molecule has 3 heterocycles. The number of nitrogens with one attached hydrogen (secondary N) is 1. The molecule has 37 heavy (non-hydrogen) atoms. The molecule has 1 saturated heterocycles. The van der Waals surface area contributed by atoms with E-state index in [4.69, 9.17) is 9.47 Å². The number of rotatable bonds is 5. The van der Waals surface area contributed by atoms with E-state index in [9.17, 15) is 26.4 Å². The lowest BCUT2D eigenvalue weighted by molar-refractivity contribution is -0.0629. The molecule has 1 saturated carbocycles. The Kier molecular flexibility index (Phi) is 6.52. The number of alkyl carbamates (subject to hydrolysis) is 1. The van der Waals surface area contributed by atoms with Crippen molar-refractivity contribution in [3.63, 3.8) is 0 Å². The molecule has 2 aromatic rings. The highest BCUT2D eigenvalue weighted by Crippen LogP contribution is 2.36. The molecule has 0 spiro atoms. The number of hydrogen-bond acceptors (Lipinski definition) is 7. The zero-order valence-corrected chi connectivity index (χ0v) is 21.5. The molecule has 3 atom stereocenters. The number of amides is 1. The number of benzene rings is 1. The van der Waals surface area contributed by atoms with Gasteiger partial charge in [0.2, 0.25) is 0 Å². The van der Waals surface area contributed by atoms with Crippen LogP contribution >= 0.6 is 0 Å². The monoisotopic (exact) mass is 542 g/mol.